The summed E-state index contributed by atoms with van der Waals surface area (Å²) in [5.74, 6) is 0.260. The summed E-state index contributed by atoms with van der Waals surface area (Å²) in [6.45, 7) is 3.27. The van der Waals surface area contributed by atoms with Crippen molar-refractivity contribution in [2.45, 2.75) is 0 Å². The molecule has 0 radical (unpaired) electrons. The lowest BCUT2D eigenvalue weighted by atomic mass is 10.3. The van der Waals surface area contributed by atoms with E-state index in [-0.39, 0.29) is 5.91 Å². The SMILES string of the molecule is CN1CCN(C(=O)c2cnc(N)cn2)CC1. The second kappa shape index (κ2) is 4.44. The Hall–Kier alpha value is -1.69. The number of nitrogen functional groups attached to an aromatic ring is 1. The zero-order chi connectivity index (χ0) is 11.5. The number of nitrogens with zero attached hydrogens (tertiary/aromatic N) is 4. The van der Waals surface area contributed by atoms with Gasteiger partial charge in [0.05, 0.1) is 12.4 Å². The van der Waals surface area contributed by atoms with E-state index in [0.717, 1.165) is 26.2 Å². The number of amides is 1. The summed E-state index contributed by atoms with van der Waals surface area (Å²) in [7, 11) is 2.05. The summed E-state index contributed by atoms with van der Waals surface area (Å²) in [4.78, 5) is 23.8. The van der Waals surface area contributed by atoms with Crippen LogP contribution in [0.3, 0.4) is 0 Å². The Balaban J connectivity index is 2.05. The average molecular weight is 221 g/mol. The van der Waals surface area contributed by atoms with Gasteiger partial charge in [0.1, 0.15) is 11.5 Å². The Kier molecular flexibility index (Phi) is 3.00. The van der Waals surface area contributed by atoms with Crippen LogP contribution in [0.25, 0.3) is 0 Å². The van der Waals surface area contributed by atoms with E-state index >= 15 is 0 Å². The van der Waals surface area contributed by atoms with Crippen molar-refractivity contribution in [1.82, 2.24) is 19.8 Å². The molecule has 0 unspecified atom stereocenters. The Morgan fingerprint density at radius 2 is 1.94 bits per heavy atom. The summed E-state index contributed by atoms with van der Waals surface area (Å²) in [6.07, 6.45) is 2.83. The van der Waals surface area contributed by atoms with Gasteiger partial charge in [0.15, 0.2) is 0 Å². The van der Waals surface area contributed by atoms with Gasteiger partial charge in [-0.3, -0.25) is 4.79 Å². The van der Waals surface area contributed by atoms with E-state index in [1.165, 1.54) is 12.4 Å². The molecule has 1 aliphatic rings. The topological polar surface area (TPSA) is 75.3 Å². The van der Waals surface area contributed by atoms with Crippen LogP contribution in [0.15, 0.2) is 12.4 Å². The molecule has 0 saturated carbocycles. The highest BCUT2D eigenvalue weighted by Crippen LogP contribution is 2.05. The first-order valence-corrected chi connectivity index (χ1v) is 5.22. The minimum atomic E-state index is -0.0689. The molecule has 1 fully saturated rings. The number of likely N-dealkylation sites (N-methyl/N-ethyl adjacent to an activating group) is 1. The Bertz CT molecular complexity index is 369. The molecule has 1 amide bonds. The zero-order valence-electron chi connectivity index (χ0n) is 9.26. The lowest BCUT2D eigenvalue weighted by Crippen LogP contribution is -2.47. The maximum atomic E-state index is 12.0. The molecular weight excluding hydrogens is 206 g/mol. The highest BCUT2D eigenvalue weighted by Gasteiger charge is 2.21. The van der Waals surface area contributed by atoms with Crippen LogP contribution in [0.1, 0.15) is 10.5 Å². The average Bonchev–Trinajstić information content (AvgIpc) is 2.30. The molecule has 16 heavy (non-hydrogen) atoms. The molecular formula is C10H15N5O. The molecule has 0 aromatic carbocycles. The van der Waals surface area contributed by atoms with Crippen molar-refractivity contribution < 1.29 is 4.79 Å². The van der Waals surface area contributed by atoms with Crippen molar-refractivity contribution >= 4 is 11.7 Å². The lowest BCUT2D eigenvalue weighted by Gasteiger charge is -2.32. The van der Waals surface area contributed by atoms with Crippen LogP contribution < -0.4 is 5.73 Å². The fourth-order valence-corrected chi connectivity index (χ4v) is 1.62. The number of nitrogens with two attached hydrogens (primary N) is 1. The third kappa shape index (κ3) is 2.27. The molecule has 0 spiro atoms. The number of aromatic nitrogens is 2. The number of hydrogen-bond acceptors (Lipinski definition) is 5. The van der Waals surface area contributed by atoms with Crippen LogP contribution in [-0.2, 0) is 0 Å². The van der Waals surface area contributed by atoms with E-state index in [9.17, 15) is 4.79 Å². The minimum absolute atomic E-state index is 0.0689. The third-order valence-corrected chi connectivity index (χ3v) is 2.68. The van der Waals surface area contributed by atoms with Gasteiger partial charge in [0.25, 0.3) is 5.91 Å². The number of carbonyl (C=O) groups excluding carboxylic acids is 1. The van der Waals surface area contributed by atoms with Crippen LogP contribution in [0.5, 0.6) is 0 Å². The normalized spacial score (nSPS) is 17.4. The number of hydrogen-bond donors (Lipinski definition) is 1. The lowest BCUT2D eigenvalue weighted by molar-refractivity contribution is 0.0658. The van der Waals surface area contributed by atoms with Gasteiger partial charge in [-0.2, -0.15) is 0 Å². The van der Waals surface area contributed by atoms with Gasteiger partial charge in [0.2, 0.25) is 0 Å². The fourth-order valence-electron chi connectivity index (χ4n) is 1.62. The molecule has 2 rings (SSSR count). The van der Waals surface area contributed by atoms with Crippen molar-refractivity contribution in [2.24, 2.45) is 0 Å². The Morgan fingerprint density at radius 1 is 1.25 bits per heavy atom. The predicted molar refractivity (Wildman–Crippen MR) is 59.8 cm³/mol. The van der Waals surface area contributed by atoms with Gasteiger partial charge in [-0.1, -0.05) is 0 Å². The molecule has 1 saturated heterocycles. The van der Waals surface area contributed by atoms with Crippen LogP contribution in [0.2, 0.25) is 0 Å². The van der Waals surface area contributed by atoms with Gasteiger partial charge >= 0.3 is 0 Å². The van der Waals surface area contributed by atoms with Gasteiger partial charge in [-0.05, 0) is 7.05 Å². The predicted octanol–water partition coefficient (Wildman–Crippen LogP) is -0.554. The molecule has 0 bridgehead atoms. The zero-order valence-corrected chi connectivity index (χ0v) is 9.26. The van der Waals surface area contributed by atoms with E-state index < -0.39 is 0 Å². The maximum absolute atomic E-state index is 12.0. The van der Waals surface area contributed by atoms with Crippen molar-refractivity contribution in [3.63, 3.8) is 0 Å². The molecule has 0 aliphatic carbocycles. The van der Waals surface area contributed by atoms with Crippen molar-refractivity contribution in [3.8, 4) is 0 Å². The van der Waals surface area contributed by atoms with Crippen LogP contribution >= 0.6 is 0 Å². The van der Waals surface area contributed by atoms with Crippen LogP contribution in [0.4, 0.5) is 5.82 Å². The summed E-state index contributed by atoms with van der Waals surface area (Å²) < 4.78 is 0. The van der Waals surface area contributed by atoms with Crippen molar-refractivity contribution in [1.29, 1.82) is 0 Å². The van der Waals surface area contributed by atoms with Crippen LogP contribution in [-0.4, -0.2) is 58.9 Å². The quantitative estimate of drug-likeness (QED) is 0.688. The number of carbonyl (C=O) groups is 1. The Morgan fingerprint density at radius 3 is 2.50 bits per heavy atom. The van der Waals surface area contributed by atoms with Gasteiger partial charge in [-0.25, -0.2) is 9.97 Å². The number of rotatable bonds is 1. The molecule has 1 aromatic rings. The van der Waals surface area contributed by atoms with E-state index in [4.69, 9.17) is 5.73 Å². The first-order valence-electron chi connectivity index (χ1n) is 5.22. The molecule has 6 nitrogen and oxygen atoms in total. The monoisotopic (exact) mass is 221 g/mol. The molecule has 2 heterocycles. The molecule has 0 atom stereocenters. The van der Waals surface area contributed by atoms with E-state index in [0.29, 0.717) is 11.5 Å². The number of anilines is 1. The summed E-state index contributed by atoms with van der Waals surface area (Å²) in [5.41, 5.74) is 5.78. The summed E-state index contributed by atoms with van der Waals surface area (Å²) in [6, 6.07) is 0. The largest absolute Gasteiger partial charge is 0.382 e. The number of piperazine rings is 1. The van der Waals surface area contributed by atoms with Gasteiger partial charge < -0.3 is 15.5 Å². The standard InChI is InChI=1S/C10H15N5O/c1-14-2-4-15(5-3-14)10(16)8-6-13-9(11)7-12-8/h6-7H,2-5H2,1H3,(H2,11,13). The van der Waals surface area contributed by atoms with Crippen molar-refractivity contribution in [2.75, 3.05) is 39.0 Å². The van der Waals surface area contributed by atoms with E-state index in [1.54, 1.807) is 4.90 Å². The summed E-state index contributed by atoms with van der Waals surface area (Å²) >= 11 is 0. The first-order chi connectivity index (χ1) is 7.66. The molecule has 1 aromatic heterocycles. The Labute approximate surface area is 94.1 Å². The van der Waals surface area contributed by atoms with Gasteiger partial charge in [-0.15, -0.1) is 0 Å². The summed E-state index contributed by atoms with van der Waals surface area (Å²) in [5, 5.41) is 0. The van der Waals surface area contributed by atoms with E-state index in [2.05, 4.69) is 14.9 Å². The smallest absolute Gasteiger partial charge is 0.274 e. The second-order valence-electron chi connectivity index (χ2n) is 3.92. The second-order valence-corrected chi connectivity index (χ2v) is 3.92. The third-order valence-electron chi connectivity index (χ3n) is 2.68. The molecule has 1 aliphatic heterocycles. The first kappa shape index (κ1) is 10.8. The molecule has 86 valence electrons. The van der Waals surface area contributed by atoms with Crippen LogP contribution in [0, 0.1) is 0 Å². The maximum Gasteiger partial charge on any atom is 0.274 e. The van der Waals surface area contributed by atoms with E-state index in [1.807, 2.05) is 7.05 Å². The van der Waals surface area contributed by atoms with Crippen molar-refractivity contribution in [3.05, 3.63) is 18.1 Å². The highest BCUT2D eigenvalue weighted by atomic mass is 16.2. The fraction of sp³-hybridized carbons (Fsp3) is 0.500. The minimum Gasteiger partial charge on any atom is -0.382 e. The molecule has 6 heteroatoms. The molecule has 2 N–H and O–H groups in total. The highest BCUT2D eigenvalue weighted by molar-refractivity contribution is 5.92. The van der Waals surface area contributed by atoms with Gasteiger partial charge in [0, 0.05) is 26.2 Å².